The second-order valence-corrected chi connectivity index (χ2v) is 4.28. The largest absolute Gasteiger partial charge is 0.475 e. The van der Waals surface area contributed by atoms with Gasteiger partial charge in [0.25, 0.3) is 5.91 Å². The Bertz CT molecular complexity index is 447. The summed E-state index contributed by atoms with van der Waals surface area (Å²) in [6.07, 6.45) is 1.93. The fraction of sp³-hybridized carbons (Fsp3) is 0.500. The Morgan fingerprint density at radius 3 is 2.72 bits per heavy atom. The van der Waals surface area contributed by atoms with Gasteiger partial charge in [-0.25, -0.2) is 4.79 Å². The molecule has 2 N–H and O–H groups in total. The van der Waals surface area contributed by atoms with E-state index in [1.54, 1.807) is 0 Å². The molecule has 0 unspecified atom stereocenters. The number of rotatable bonds is 4. The summed E-state index contributed by atoms with van der Waals surface area (Å²) in [4.78, 5) is 22.4. The second kappa shape index (κ2) is 5.22. The third-order valence-corrected chi connectivity index (χ3v) is 2.92. The fourth-order valence-corrected chi connectivity index (χ4v) is 1.94. The van der Waals surface area contributed by atoms with Crippen LogP contribution < -0.4 is 5.32 Å². The van der Waals surface area contributed by atoms with Crippen molar-refractivity contribution in [2.24, 2.45) is 0 Å². The summed E-state index contributed by atoms with van der Waals surface area (Å²) in [6.45, 7) is 2.57. The number of carbonyl (C=O) groups is 2. The Labute approximate surface area is 104 Å². The molecular weight excluding hydrogens is 238 g/mol. The molecule has 0 bridgehead atoms. The number of carboxylic acids is 1. The summed E-state index contributed by atoms with van der Waals surface area (Å²) in [6, 6.07) is 2.48. The van der Waals surface area contributed by atoms with Gasteiger partial charge < -0.3 is 19.6 Å². The molecule has 0 radical (unpaired) electrons. The van der Waals surface area contributed by atoms with E-state index in [2.05, 4.69) is 5.32 Å². The molecule has 6 heteroatoms. The zero-order chi connectivity index (χ0) is 13.1. The van der Waals surface area contributed by atoms with Gasteiger partial charge in [0.2, 0.25) is 5.76 Å². The van der Waals surface area contributed by atoms with E-state index in [9.17, 15) is 9.59 Å². The number of carbonyl (C=O) groups excluding carboxylic acids is 1. The number of hydrogen-bond donors (Lipinski definition) is 2. The molecular formula is C12H15NO5. The molecule has 0 saturated carbocycles. The molecule has 1 aromatic heterocycles. The lowest BCUT2D eigenvalue weighted by atomic mass is 10.1. The van der Waals surface area contributed by atoms with E-state index in [1.165, 1.54) is 12.1 Å². The Morgan fingerprint density at radius 1 is 1.44 bits per heavy atom. The first kappa shape index (κ1) is 12.6. The number of amides is 1. The first-order valence-corrected chi connectivity index (χ1v) is 5.83. The number of ether oxygens (including phenoxy) is 1. The van der Waals surface area contributed by atoms with E-state index in [4.69, 9.17) is 14.3 Å². The normalized spacial score (nSPS) is 20.6. The average molecular weight is 253 g/mol. The Kier molecular flexibility index (Phi) is 3.66. The highest BCUT2D eigenvalue weighted by atomic mass is 16.5. The van der Waals surface area contributed by atoms with Crippen LogP contribution in [-0.4, -0.2) is 35.7 Å². The van der Waals surface area contributed by atoms with Crippen molar-refractivity contribution >= 4 is 11.9 Å². The van der Waals surface area contributed by atoms with Crippen LogP contribution in [0.4, 0.5) is 0 Å². The molecule has 98 valence electrons. The van der Waals surface area contributed by atoms with Crippen LogP contribution in [0.3, 0.4) is 0 Å². The van der Waals surface area contributed by atoms with E-state index >= 15 is 0 Å². The summed E-state index contributed by atoms with van der Waals surface area (Å²) in [5.41, 5.74) is 0. The van der Waals surface area contributed by atoms with E-state index in [0.29, 0.717) is 0 Å². The molecule has 2 atom stereocenters. The zero-order valence-corrected chi connectivity index (χ0v) is 10.0. The molecule has 1 aliphatic heterocycles. The van der Waals surface area contributed by atoms with Gasteiger partial charge in [-0.1, -0.05) is 0 Å². The van der Waals surface area contributed by atoms with Crippen molar-refractivity contribution < 1.29 is 23.8 Å². The highest BCUT2D eigenvalue weighted by Crippen LogP contribution is 2.16. The van der Waals surface area contributed by atoms with Crippen molar-refractivity contribution in [3.8, 4) is 0 Å². The van der Waals surface area contributed by atoms with Gasteiger partial charge in [0.1, 0.15) is 0 Å². The number of carboxylic acid groups (broad SMARTS) is 1. The highest BCUT2D eigenvalue weighted by molar-refractivity contribution is 5.93. The van der Waals surface area contributed by atoms with Gasteiger partial charge in [-0.3, -0.25) is 4.79 Å². The summed E-state index contributed by atoms with van der Waals surface area (Å²) in [5.74, 6) is -1.87. The van der Waals surface area contributed by atoms with Crippen LogP contribution in [0.5, 0.6) is 0 Å². The molecule has 1 fully saturated rings. The van der Waals surface area contributed by atoms with Gasteiger partial charge in [-0.2, -0.15) is 0 Å². The zero-order valence-electron chi connectivity index (χ0n) is 10.0. The molecule has 0 aromatic carbocycles. The lowest BCUT2D eigenvalue weighted by Crippen LogP contribution is -2.40. The minimum Gasteiger partial charge on any atom is -0.475 e. The molecule has 6 nitrogen and oxygen atoms in total. The van der Waals surface area contributed by atoms with Crippen molar-refractivity contribution in [2.75, 3.05) is 6.61 Å². The highest BCUT2D eigenvalue weighted by Gasteiger charge is 2.25. The molecule has 2 rings (SSSR count). The van der Waals surface area contributed by atoms with Crippen LogP contribution in [0, 0.1) is 0 Å². The molecule has 2 heterocycles. The Balaban J connectivity index is 1.95. The first-order chi connectivity index (χ1) is 8.58. The molecule has 18 heavy (non-hydrogen) atoms. The van der Waals surface area contributed by atoms with Crippen LogP contribution in [0.1, 0.15) is 40.9 Å². The van der Waals surface area contributed by atoms with Crippen LogP contribution >= 0.6 is 0 Å². The van der Waals surface area contributed by atoms with Gasteiger partial charge >= 0.3 is 5.97 Å². The van der Waals surface area contributed by atoms with Crippen molar-refractivity contribution in [1.82, 2.24) is 5.32 Å². The van der Waals surface area contributed by atoms with E-state index in [1.807, 2.05) is 6.92 Å². The SMILES string of the molecule is C[C@@H](NC(=O)c1ccc(C(=O)O)o1)[C@@H]1CCCO1. The number of nitrogens with one attached hydrogen (secondary N) is 1. The maximum Gasteiger partial charge on any atom is 0.371 e. The van der Waals surface area contributed by atoms with Crippen molar-refractivity contribution in [1.29, 1.82) is 0 Å². The number of furan rings is 1. The Morgan fingerprint density at radius 2 is 2.17 bits per heavy atom. The molecule has 0 spiro atoms. The van der Waals surface area contributed by atoms with Gasteiger partial charge in [0, 0.05) is 6.61 Å². The van der Waals surface area contributed by atoms with Crippen LogP contribution in [-0.2, 0) is 4.74 Å². The van der Waals surface area contributed by atoms with E-state index < -0.39 is 11.9 Å². The molecule has 0 aliphatic carbocycles. The predicted octanol–water partition coefficient (Wildman–Crippen LogP) is 1.28. The molecule has 1 saturated heterocycles. The average Bonchev–Trinajstić information content (AvgIpc) is 3.00. The topological polar surface area (TPSA) is 88.8 Å². The predicted molar refractivity (Wildman–Crippen MR) is 61.6 cm³/mol. The van der Waals surface area contributed by atoms with Crippen molar-refractivity contribution in [3.05, 3.63) is 23.7 Å². The lowest BCUT2D eigenvalue weighted by Gasteiger charge is -2.19. The van der Waals surface area contributed by atoms with Gasteiger partial charge in [0.15, 0.2) is 5.76 Å². The van der Waals surface area contributed by atoms with Crippen LogP contribution in [0.2, 0.25) is 0 Å². The van der Waals surface area contributed by atoms with Crippen LogP contribution in [0.15, 0.2) is 16.5 Å². The van der Waals surface area contributed by atoms with Gasteiger partial charge in [0.05, 0.1) is 12.1 Å². The summed E-state index contributed by atoms with van der Waals surface area (Å²) < 4.78 is 10.4. The molecule has 1 amide bonds. The number of aromatic carboxylic acids is 1. The summed E-state index contributed by atoms with van der Waals surface area (Å²) in [5, 5.41) is 11.4. The third-order valence-electron chi connectivity index (χ3n) is 2.92. The van der Waals surface area contributed by atoms with Gasteiger partial charge in [-0.05, 0) is 31.9 Å². The monoisotopic (exact) mass is 253 g/mol. The smallest absolute Gasteiger partial charge is 0.371 e. The van der Waals surface area contributed by atoms with Gasteiger partial charge in [-0.15, -0.1) is 0 Å². The van der Waals surface area contributed by atoms with Crippen LogP contribution in [0.25, 0.3) is 0 Å². The maximum absolute atomic E-state index is 11.8. The second-order valence-electron chi connectivity index (χ2n) is 4.28. The maximum atomic E-state index is 11.8. The third kappa shape index (κ3) is 2.70. The number of hydrogen-bond acceptors (Lipinski definition) is 4. The van der Waals surface area contributed by atoms with Crippen molar-refractivity contribution in [3.63, 3.8) is 0 Å². The minimum absolute atomic E-state index is 0.00255. The molecule has 1 aromatic rings. The van der Waals surface area contributed by atoms with E-state index in [0.717, 1.165) is 19.4 Å². The lowest BCUT2D eigenvalue weighted by molar-refractivity contribution is 0.0650. The van der Waals surface area contributed by atoms with Crippen molar-refractivity contribution in [2.45, 2.75) is 31.9 Å². The quantitative estimate of drug-likeness (QED) is 0.843. The summed E-state index contributed by atoms with van der Waals surface area (Å²) in [7, 11) is 0. The summed E-state index contributed by atoms with van der Waals surface area (Å²) >= 11 is 0. The molecule has 1 aliphatic rings. The Hall–Kier alpha value is -1.82. The fourth-order valence-electron chi connectivity index (χ4n) is 1.94. The van der Waals surface area contributed by atoms with E-state index in [-0.39, 0.29) is 23.7 Å². The minimum atomic E-state index is -1.19. The first-order valence-electron chi connectivity index (χ1n) is 5.83. The standard InChI is InChI=1S/C12H15NO5/c1-7(8-3-2-6-17-8)13-11(14)9-4-5-10(18-9)12(15)16/h4-5,7-8H,2-3,6H2,1H3,(H,13,14)(H,15,16)/t7-,8+/m1/s1.